The maximum absolute atomic E-state index is 10.1. The Labute approximate surface area is 109 Å². The molecular formula is C16H21NO. The summed E-state index contributed by atoms with van der Waals surface area (Å²) in [6, 6.07) is 8.52. The number of hydrogen-bond donors (Lipinski definition) is 2. The van der Waals surface area contributed by atoms with E-state index in [0.717, 1.165) is 5.57 Å². The van der Waals surface area contributed by atoms with E-state index in [1.165, 1.54) is 43.2 Å². The van der Waals surface area contributed by atoms with E-state index < -0.39 is 6.10 Å². The second-order valence-corrected chi connectivity index (χ2v) is 5.61. The number of nitrogens with two attached hydrogens (primary N) is 1. The second kappa shape index (κ2) is 4.52. The van der Waals surface area contributed by atoms with Gasteiger partial charge in [0.25, 0.3) is 0 Å². The number of aliphatic hydroxyl groups is 1. The van der Waals surface area contributed by atoms with Crippen LogP contribution in [0, 0.1) is 0 Å². The van der Waals surface area contributed by atoms with Gasteiger partial charge in [0, 0.05) is 12.0 Å². The fourth-order valence-corrected chi connectivity index (χ4v) is 3.62. The van der Waals surface area contributed by atoms with Crippen molar-refractivity contribution in [2.75, 3.05) is 6.54 Å². The van der Waals surface area contributed by atoms with Crippen LogP contribution in [0.4, 0.5) is 0 Å². The van der Waals surface area contributed by atoms with E-state index in [-0.39, 0.29) is 5.41 Å². The predicted molar refractivity (Wildman–Crippen MR) is 74.2 cm³/mol. The average Bonchev–Trinajstić information content (AvgIpc) is 2.74. The summed E-state index contributed by atoms with van der Waals surface area (Å²) in [6.45, 7) is 0.302. The lowest BCUT2D eigenvalue weighted by Crippen LogP contribution is -2.25. The van der Waals surface area contributed by atoms with Crippen LogP contribution in [0.25, 0.3) is 5.57 Å². The fourth-order valence-electron chi connectivity index (χ4n) is 3.62. The van der Waals surface area contributed by atoms with Crippen LogP contribution >= 0.6 is 0 Å². The average molecular weight is 243 g/mol. The van der Waals surface area contributed by atoms with Gasteiger partial charge in [-0.15, -0.1) is 0 Å². The van der Waals surface area contributed by atoms with E-state index in [9.17, 15) is 5.11 Å². The molecule has 1 fully saturated rings. The van der Waals surface area contributed by atoms with Crippen LogP contribution in [-0.2, 0) is 5.41 Å². The lowest BCUT2D eigenvalue weighted by Gasteiger charge is -2.33. The first-order valence-corrected chi connectivity index (χ1v) is 6.98. The van der Waals surface area contributed by atoms with E-state index in [1.807, 2.05) is 0 Å². The number of aliphatic hydroxyl groups excluding tert-OH is 1. The highest BCUT2D eigenvalue weighted by molar-refractivity contribution is 5.79. The van der Waals surface area contributed by atoms with Crippen LogP contribution in [0.3, 0.4) is 0 Å². The fraction of sp³-hybridized carbons (Fsp3) is 0.500. The molecule has 3 rings (SSSR count). The molecule has 0 amide bonds. The first-order chi connectivity index (χ1) is 8.77. The molecule has 18 heavy (non-hydrogen) atoms. The van der Waals surface area contributed by atoms with Crippen molar-refractivity contribution in [1.29, 1.82) is 0 Å². The van der Waals surface area contributed by atoms with E-state index >= 15 is 0 Å². The molecule has 2 aliphatic carbocycles. The van der Waals surface area contributed by atoms with Gasteiger partial charge in [0.05, 0.1) is 6.10 Å². The van der Waals surface area contributed by atoms with Gasteiger partial charge in [0.15, 0.2) is 0 Å². The topological polar surface area (TPSA) is 46.2 Å². The highest BCUT2D eigenvalue weighted by Crippen LogP contribution is 2.49. The summed E-state index contributed by atoms with van der Waals surface area (Å²) < 4.78 is 0. The molecule has 1 unspecified atom stereocenters. The van der Waals surface area contributed by atoms with Crippen molar-refractivity contribution in [3.05, 3.63) is 41.5 Å². The van der Waals surface area contributed by atoms with Crippen LogP contribution < -0.4 is 5.73 Å². The Morgan fingerprint density at radius 3 is 2.61 bits per heavy atom. The standard InChI is InChI=1S/C16H21NO/c17-11-15(18)13-10-16(8-4-1-5-9-16)14-7-3-2-6-12(13)14/h2-3,6-7,10,15,18H,1,4-5,8-9,11,17H2. The van der Waals surface area contributed by atoms with Crippen molar-refractivity contribution in [3.8, 4) is 0 Å². The van der Waals surface area contributed by atoms with Gasteiger partial charge in [0.2, 0.25) is 0 Å². The van der Waals surface area contributed by atoms with Crippen LogP contribution in [0.1, 0.15) is 43.2 Å². The Morgan fingerprint density at radius 1 is 1.17 bits per heavy atom. The third kappa shape index (κ3) is 1.72. The summed E-state index contributed by atoms with van der Waals surface area (Å²) in [5, 5.41) is 10.1. The summed E-state index contributed by atoms with van der Waals surface area (Å²) in [6.07, 6.45) is 8.14. The molecule has 2 nitrogen and oxygen atoms in total. The first-order valence-electron chi connectivity index (χ1n) is 6.98. The molecule has 0 aromatic heterocycles. The van der Waals surface area contributed by atoms with E-state index in [0.29, 0.717) is 6.54 Å². The third-order valence-corrected chi connectivity index (χ3v) is 4.53. The van der Waals surface area contributed by atoms with Crippen LogP contribution in [0.15, 0.2) is 30.3 Å². The monoisotopic (exact) mass is 243 g/mol. The summed E-state index contributed by atoms with van der Waals surface area (Å²) in [4.78, 5) is 0. The number of fused-ring (bicyclic) bond motifs is 2. The van der Waals surface area contributed by atoms with Gasteiger partial charge in [-0.25, -0.2) is 0 Å². The molecule has 1 aromatic rings. The number of benzene rings is 1. The molecule has 1 aromatic carbocycles. The molecule has 3 N–H and O–H groups in total. The molecular weight excluding hydrogens is 222 g/mol. The lowest BCUT2D eigenvalue weighted by atomic mass is 9.71. The molecule has 0 heterocycles. The van der Waals surface area contributed by atoms with E-state index in [2.05, 4.69) is 30.3 Å². The zero-order valence-corrected chi connectivity index (χ0v) is 10.7. The maximum Gasteiger partial charge on any atom is 0.0915 e. The van der Waals surface area contributed by atoms with Gasteiger partial charge < -0.3 is 10.8 Å². The van der Waals surface area contributed by atoms with Crippen molar-refractivity contribution >= 4 is 5.57 Å². The minimum atomic E-state index is -0.521. The van der Waals surface area contributed by atoms with Crippen molar-refractivity contribution in [1.82, 2.24) is 0 Å². The Kier molecular flexibility index (Phi) is 3.00. The number of rotatable bonds is 2. The van der Waals surface area contributed by atoms with Crippen LogP contribution in [-0.4, -0.2) is 17.8 Å². The Hall–Kier alpha value is -1.12. The second-order valence-electron chi connectivity index (χ2n) is 5.61. The van der Waals surface area contributed by atoms with Gasteiger partial charge in [-0.05, 0) is 29.5 Å². The summed E-state index contributed by atoms with van der Waals surface area (Å²) >= 11 is 0. The first kappa shape index (κ1) is 11.9. The lowest BCUT2D eigenvalue weighted by molar-refractivity contribution is 0.240. The molecule has 0 bridgehead atoms. The van der Waals surface area contributed by atoms with Crippen LogP contribution in [0.2, 0.25) is 0 Å². The van der Waals surface area contributed by atoms with Crippen molar-refractivity contribution < 1.29 is 5.11 Å². The molecule has 0 radical (unpaired) electrons. The molecule has 2 heteroatoms. The third-order valence-electron chi connectivity index (χ3n) is 4.53. The van der Waals surface area contributed by atoms with Gasteiger partial charge in [-0.2, -0.15) is 0 Å². The SMILES string of the molecule is NCC(O)C1=CC2(CCCCC2)c2ccccc21. The van der Waals surface area contributed by atoms with Crippen molar-refractivity contribution in [2.24, 2.45) is 5.73 Å². The largest absolute Gasteiger partial charge is 0.387 e. The zero-order valence-electron chi connectivity index (χ0n) is 10.7. The van der Waals surface area contributed by atoms with Crippen LogP contribution in [0.5, 0.6) is 0 Å². The number of allylic oxidation sites excluding steroid dienone is 1. The Balaban J connectivity index is 2.09. The van der Waals surface area contributed by atoms with Crippen molar-refractivity contribution in [3.63, 3.8) is 0 Å². The molecule has 96 valence electrons. The zero-order chi connectivity index (χ0) is 12.6. The Bertz CT molecular complexity index is 472. The van der Waals surface area contributed by atoms with Gasteiger partial charge in [-0.1, -0.05) is 49.6 Å². The summed E-state index contributed by atoms with van der Waals surface area (Å²) in [7, 11) is 0. The maximum atomic E-state index is 10.1. The summed E-state index contributed by atoms with van der Waals surface area (Å²) in [5.41, 5.74) is 9.50. The highest BCUT2D eigenvalue weighted by Gasteiger charge is 2.39. The molecule has 0 aliphatic heterocycles. The van der Waals surface area contributed by atoms with Crippen molar-refractivity contribution in [2.45, 2.75) is 43.6 Å². The van der Waals surface area contributed by atoms with Gasteiger partial charge >= 0.3 is 0 Å². The summed E-state index contributed by atoms with van der Waals surface area (Å²) in [5.74, 6) is 0. The molecule has 0 saturated heterocycles. The number of hydrogen-bond acceptors (Lipinski definition) is 2. The normalized spacial score (nSPS) is 22.7. The van der Waals surface area contributed by atoms with E-state index in [4.69, 9.17) is 5.73 Å². The Morgan fingerprint density at radius 2 is 1.89 bits per heavy atom. The highest BCUT2D eigenvalue weighted by atomic mass is 16.3. The van der Waals surface area contributed by atoms with Gasteiger partial charge in [-0.3, -0.25) is 0 Å². The molecule has 2 aliphatic rings. The molecule has 1 spiro atoms. The quantitative estimate of drug-likeness (QED) is 0.838. The minimum absolute atomic E-state index is 0.181. The van der Waals surface area contributed by atoms with E-state index in [1.54, 1.807) is 0 Å². The smallest absolute Gasteiger partial charge is 0.0915 e. The predicted octanol–water partition coefficient (Wildman–Crippen LogP) is 2.61. The molecule has 1 saturated carbocycles. The molecule has 1 atom stereocenters. The van der Waals surface area contributed by atoms with Gasteiger partial charge in [0.1, 0.15) is 0 Å². The minimum Gasteiger partial charge on any atom is -0.387 e.